The van der Waals surface area contributed by atoms with Crippen LogP contribution in [0.3, 0.4) is 0 Å². The van der Waals surface area contributed by atoms with Gasteiger partial charge < -0.3 is 14.4 Å². The van der Waals surface area contributed by atoms with Crippen molar-refractivity contribution < 1.29 is 14.8 Å². The van der Waals surface area contributed by atoms with E-state index in [9.17, 15) is 15.2 Å². The second kappa shape index (κ2) is 5.42. The third-order valence-corrected chi connectivity index (χ3v) is 3.75. The van der Waals surface area contributed by atoms with Crippen molar-refractivity contribution in [1.82, 2.24) is 4.57 Å². The maximum absolute atomic E-state index is 11.0. The van der Waals surface area contributed by atoms with Gasteiger partial charge in [0.15, 0.2) is 0 Å². The minimum Gasteiger partial charge on any atom is -0.494 e. The zero-order valence-electron chi connectivity index (χ0n) is 12.4. The summed E-state index contributed by atoms with van der Waals surface area (Å²) in [6.45, 7) is 5.27. The lowest BCUT2D eigenvalue weighted by Crippen LogP contribution is -2.18. The Hall–Kier alpha value is -2.41. The molecule has 2 aromatic rings. The zero-order chi connectivity index (χ0) is 15.9. The van der Waals surface area contributed by atoms with Gasteiger partial charge in [-0.25, -0.2) is 0 Å². The molecule has 0 unspecified atom stereocenters. The average molecular weight is 303 g/mol. The molecule has 1 aliphatic heterocycles. The van der Waals surface area contributed by atoms with Crippen molar-refractivity contribution in [3.05, 3.63) is 33.9 Å². The fourth-order valence-corrected chi connectivity index (χ4v) is 2.82. The largest absolute Gasteiger partial charge is 0.494 e. The summed E-state index contributed by atoms with van der Waals surface area (Å²) in [7, 11) is 0. The normalized spacial score (nSPS) is 15.3. The molecular formula is C15H17N3O4. The van der Waals surface area contributed by atoms with Gasteiger partial charge >= 0.3 is 0 Å². The van der Waals surface area contributed by atoms with Crippen molar-refractivity contribution in [2.24, 2.45) is 4.99 Å². The third kappa shape index (κ3) is 2.23. The van der Waals surface area contributed by atoms with Gasteiger partial charge in [0, 0.05) is 23.6 Å². The predicted octanol–water partition coefficient (Wildman–Crippen LogP) is 2.66. The summed E-state index contributed by atoms with van der Waals surface area (Å²) in [4.78, 5) is 15.0. The standard InChI is InChI=1S/C15H17N3O4/c1-9(2)17-13-4-3-10(18(20)21)7-11(13)14(15(17)19)12-8-22-6-5-16-12/h3-4,7,9,19H,5-6,8H2,1-2H3. The van der Waals surface area contributed by atoms with Crippen molar-refractivity contribution in [3.8, 4) is 5.88 Å². The molecule has 0 aliphatic carbocycles. The lowest BCUT2D eigenvalue weighted by molar-refractivity contribution is -0.384. The summed E-state index contributed by atoms with van der Waals surface area (Å²) in [5, 5.41) is 22.3. The highest BCUT2D eigenvalue weighted by molar-refractivity contribution is 6.14. The van der Waals surface area contributed by atoms with Crippen LogP contribution in [-0.2, 0) is 4.74 Å². The Labute approximate surface area is 127 Å². The van der Waals surface area contributed by atoms with E-state index in [1.807, 2.05) is 13.8 Å². The van der Waals surface area contributed by atoms with Crippen molar-refractivity contribution in [2.75, 3.05) is 19.8 Å². The molecule has 1 aliphatic rings. The van der Waals surface area contributed by atoms with E-state index in [2.05, 4.69) is 4.99 Å². The van der Waals surface area contributed by atoms with Crippen LogP contribution in [0.1, 0.15) is 25.5 Å². The summed E-state index contributed by atoms with van der Waals surface area (Å²) in [5.41, 5.74) is 1.91. The highest BCUT2D eigenvalue weighted by Gasteiger charge is 2.25. The number of benzene rings is 1. The molecule has 1 aromatic heterocycles. The molecule has 1 aromatic carbocycles. The van der Waals surface area contributed by atoms with E-state index in [4.69, 9.17) is 4.74 Å². The van der Waals surface area contributed by atoms with Gasteiger partial charge in [0.25, 0.3) is 5.69 Å². The van der Waals surface area contributed by atoms with Crippen LogP contribution in [0.15, 0.2) is 23.2 Å². The fourth-order valence-electron chi connectivity index (χ4n) is 2.82. The number of ether oxygens (including phenoxy) is 1. The Balaban J connectivity index is 2.32. The van der Waals surface area contributed by atoms with Crippen LogP contribution in [0.2, 0.25) is 0 Å². The van der Waals surface area contributed by atoms with E-state index >= 15 is 0 Å². The Morgan fingerprint density at radius 1 is 1.45 bits per heavy atom. The van der Waals surface area contributed by atoms with Crippen LogP contribution < -0.4 is 0 Å². The molecule has 3 rings (SSSR count). The summed E-state index contributed by atoms with van der Waals surface area (Å²) in [6.07, 6.45) is 0. The molecule has 7 heteroatoms. The molecule has 0 amide bonds. The molecule has 0 spiro atoms. The monoisotopic (exact) mass is 303 g/mol. The minimum atomic E-state index is -0.438. The summed E-state index contributed by atoms with van der Waals surface area (Å²) in [5.74, 6) is 0.0785. The van der Waals surface area contributed by atoms with Gasteiger partial charge in [-0.15, -0.1) is 0 Å². The SMILES string of the molecule is CC(C)n1c(O)c(C2=NCCOC2)c2cc([N+](=O)[O-])ccc21. The number of nitro groups is 1. The van der Waals surface area contributed by atoms with Gasteiger partial charge in [0.2, 0.25) is 5.88 Å². The molecule has 0 fully saturated rings. The van der Waals surface area contributed by atoms with E-state index in [0.717, 1.165) is 5.52 Å². The van der Waals surface area contributed by atoms with Gasteiger partial charge in [-0.1, -0.05) is 0 Å². The van der Waals surface area contributed by atoms with E-state index in [1.54, 1.807) is 10.6 Å². The van der Waals surface area contributed by atoms with Crippen LogP contribution in [0.25, 0.3) is 10.9 Å². The van der Waals surface area contributed by atoms with Gasteiger partial charge in [-0.3, -0.25) is 15.1 Å². The minimum absolute atomic E-state index is 0.00742. The van der Waals surface area contributed by atoms with Gasteiger partial charge in [0.05, 0.1) is 41.5 Å². The second-order valence-electron chi connectivity index (χ2n) is 5.50. The Morgan fingerprint density at radius 3 is 2.82 bits per heavy atom. The highest BCUT2D eigenvalue weighted by Crippen LogP contribution is 2.36. The van der Waals surface area contributed by atoms with E-state index in [-0.39, 0.29) is 17.6 Å². The Morgan fingerprint density at radius 2 is 2.23 bits per heavy atom. The molecule has 7 nitrogen and oxygen atoms in total. The lowest BCUT2D eigenvalue weighted by Gasteiger charge is -2.14. The van der Waals surface area contributed by atoms with E-state index < -0.39 is 4.92 Å². The van der Waals surface area contributed by atoms with E-state index in [0.29, 0.717) is 36.4 Å². The molecule has 0 bridgehead atoms. The quantitative estimate of drug-likeness (QED) is 0.697. The summed E-state index contributed by atoms with van der Waals surface area (Å²) < 4.78 is 7.16. The first-order chi connectivity index (χ1) is 10.5. The van der Waals surface area contributed by atoms with Crippen LogP contribution in [-0.4, -0.2) is 40.1 Å². The van der Waals surface area contributed by atoms with Crippen molar-refractivity contribution >= 4 is 22.3 Å². The molecule has 22 heavy (non-hydrogen) atoms. The van der Waals surface area contributed by atoms with Gasteiger partial charge in [0.1, 0.15) is 0 Å². The smallest absolute Gasteiger partial charge is 0.270 e. The molecule has 2 heterocycles. The maximum atomic E-state index is 11.0. The number of aliphatic imine (C=N–C) groups is 1. The fraction of sp³-hybridized carbons (Fsp3) is 0.400. The first kappa shape index (κ1) is 14.5. The van der Waals surface area contributed by atoms with Crippen molar-refractivity contribution in [1.29, 1.82) is 0 Å². The predicted molar refractivity (Wildman–Crippen MR) is 82.9 cm³/mol. The number of nitrogens with zero attached hydrogens (tertiary/aromatic N) is 3. The van der Waals surface area contributed by atoms with Gasteiger partial charge in [-0.2, -0.15) is 0 Å². The van der Waals surface area contributed by atoms with Crippen LogP contribution in [0.5, 0.6) is 5.88 Å². The van der Waals surface area contributed by atoms with Crippen LogP contribution in [0, 0.1) is 10.1 Å². The number of aromatic nitrogens is 1. The number of fused-ring (bicyclic) bond motifs is 1. The maximum Gasteiger partial charge on any atom is 0.270 e. The molecule has 116 valence electrons. The number of nitro benzene ring substituents is 1. The number of hydrogen-bond donors (Lipinski definition) is 1. The van der Waals surface area contributed by atoms with Crippen LogP contribution in [0.4, 0.5) is 5.69 Å². The first-order valence-electron chi connectivity index (χ1n) is 7.13. The first-order valence-corrected chi connectivity index (χ1v) is 7.13. The third-order valence-electron chi connectivity index (χ3n) is 3.75. The van der Waals surface area contributed by atoms with Crippen LogP contribution >= 0.6 is 0 Å². The number of aromatic hydroxyl groups is 1. The molecule has 0 atom stereocenters. The molecule has 0 saturated carbocycles. The van der Waals surface area contributed by atoms with Crippen molar-refractivity contribution in [2.45, 2.75) is 19.9 Å². The summed E-state index contributed by atoms with van der Waals surface area (Å²) >= 11 is 0. The topological polar surface area (TPSA) is 89.9 Å². The lowest BCUT2D eigenvalue weighted by atomic mass is 10.1. The zero-order valence-corrected chi connectivity index (χ0v) is 12.4. The highest BCUT2D eigenvalue weighted by atomic mass is 16.6. The molecule has 0 saturated heterocycles. The number of non-ortho nitro benzene ring substituents is 1. The van der Waals surface area contributed by atoms with Crippen molar-refractivity contribution in [3.63, 3.8) is 0 Å². The van der Waals surface area contributed by atoms with E-state index in [1.165, 1.54) is 12.1 Å². The molecule has 0 radical (unpaired) electrons. The number of hydrogen-bond acceptors (Lipinski definition) is 5. The average Bonchev–Trinajstić information content (AvgIpc) is 2.79. The summed E-state index contributed by atoms with van der Waals surface area (Å²) in [6, 6.07) is 4.62. The van der Waals surface area contributed by atoms with Gasteiger partial charge in [-0.05, 0) is 19.9 Å². The number of rotatable bonds is 3. The second-order valence-corrected chi connectivity index (χ2v) is 5.50. The Kier molecular flexibility index (Phi) is 3.58. The molecular weight excluding hydrogens is 286 g/mol. The molecule has 1 N–H and O–H groups in total. The Bertz CT molecular complexity index is 777.